The van der Waals surface area contributed by atoms with Crippen LogP contribution in [0.5, 0.6) is 5.75 Å². The average Bonchev–Trinajstić information content (AvgIpc) is 2.70. The lowest BCUT2D eigenvalue weighted by atomic mass is 9.99. The standard InChI is InChI=1S/C23H21ClF4N2O/c1-3-4-5-6-15-12-29-22(30-13-15)23(27,28)31-17-9-14(2)21(20(26)11-17)16-7-8-18(24)19(25)10-16/h7-13H,3-6H2,1-2H3. The minimum Gasteiger partial charge on any atom is -0.426 e. The van der Waals surface area contributed by atoms with Gasteiger partial charge in [0.2, 0.25) is 5.82 Å². The van der Waals surface area contributed by atoms with Crippen LogP contribution < -0.4 is 4.74 Å². The smallest absolute Gasteiger partial charge is 0.426 e. The second-order valence-corrected chi connectivity index (χ2v) is 7.62. The van der Waals surface area contributed by atoms with Crippen molar-refractivity contribution in [2.24, 2.45) is 0 Å². The summed E-state index contributed by atoms with van der Waals surface area (Å²) in [5, 5.41) is -0.0993. The van der Waals surface area contributed by atoms with Crippen molar-refractivity contribution in [3.05, 3.63) is 76.3 Å². The van der Waals surface area contributed by atoms with Gasteiger partial charge in [0, 0.05) is 24.0 Å². The highest BCUT2D eigenvalue weighted by molar-refractivity contribution is 6.30. The van der Waals surface area contributed by atoms with Gasteiger partial charge >= 0.3 is 6.11 Å². The van der Waals surface area contributed by atoms with E-state index in [0.717, 1.165) is 37.0 Å². The Morgan fingerprint density at radius 2 is 1.71 bits per heavy atom. The van der Waals surface area contributed by atoms with Crippen molar-refractivity contribution in [1.29, 1.82) is 0 Å². The molecule has 0 fully saturated rings. The van der Waals surface area contributed by atoms with Gasteiger partial charge in [0.25, 0.3) is 0 Å². The maximum atomic E-state index is 14.7. The Morgan fingerprint density at radius 3 is 2.32 bits per heavy atom. The highest BCUT2D eigenvalue weighted by Gasteiger charge is 2.38. The molecular formula is C23H21ClF4N2O. The van der Waals surface area contributed by atoms with Gasteiger partial charge in [-0.1, -0.05) is 37.4 Å². The fourth-order valence-electron chi connectivity index (χ4n) is 3.20. The molecule has 8 heteroatoms. The molecule has 2 aromatic carbocycles. The predicted molar refractivity (Wildman–Crippen MR) is 111 cm³/mol. The summed E-state index contributed by atoms with van der Waals surface area (Å²) >= 11 is 5.66. The topological polar surface area (TPSA) is 35.0 Å². The van der Waals surface area contributed by atoms with Crippen molar-refractivity contribution < 1.29 is 22.3 Å². The van der Waals surface area contributed by atoms with E-state index in [1.54, 1.807) is 0 Å². The molecule has 31 heavy (non-hydrogen) atoms. The van der Waals surface area contributed by atoms with E-state index in [2.05, 4.69) is 16.9 Å². The van der Waals surface area contributed by atoms with Crippen LogP contribution in [-0.2, 0) is 12.5 Å². The van der Waals surface area contributed by atoms with Crippen molar-refractivity contribution in [2.75, 3.05) is 0 Å². The summed E-state index contributed by atoms with van der Waals surface area (Å²) in [7, 11) is 0. The van der Waals surface area contributed by atoms with Crippen molar-refractivity contribution in [1.82, 2.24) is 9.97 Å². The maximum absolute atomic E-state index is 14.7. The number of aryl methyl sites for hydroxylation is 2. The van der Waals surface area contributed by atoms with E-state index in [4.69, 9.17) is 16.3 Å². The van der Waals surface area contributed by atoms with Crippen LogP contribution in [0, 0.1) is 18.6 Å². The summed E-state index contributed by atoms with van der Waals surface area (Å²) in [4.78, 5) is 7.44. The van der Waals surface area contributed by atoms with E-state index in [-0.39, 0.29) is 16.1 Å². The Hall–Kier alpha value is -2.67. The largest absolute Gasteiger partial charge is 0.462 e. The Kier molecular flexibility index (Phi) is 7.15. The van der Waals surface area contributed by atoms with E-state index < -0.39 is 29.3 Å². The van der Waals surface area contributed by atoms with Crippen LogP contribution in [0.2, 0.25) is 5.02 Å². The molecule has 0 amide bonds. The number of benzene rings is 2. The highest BCUT2D eigenvalue weighted by atomic mass is 35.5. The highest BCUT2D eigenvalue weighted by Crippen LogP contribution is 2.35. The Bertz CT molecular complexity index is 1030. The number of hydrogen-bond donors (Lipinski definition) is 0. The van der Waals surface area contributed by atoms with Gasteiger partial charge in [0.15, 0.2) is 0 Å². The number of ether oxygens (including phenoxy) is 1. The van der Waals surface area contributed by atoms with Crippen molar-refractivity contribution in [3.8, 4) is 16.9 Å². The zero-order valence-electron chi connectivity index (χ0n) is 17.1. The first-order chi connectivity index (χ1) is 14.7. The Labute approximate surface area is 183 Å². The molecule has 0 radical (unpaired) electrons. The number of unbranched alkanes of at least 4 members (excludes halogenated alkanes) is 2. The van der Waals surface area contributed by atoms with Gasteiger partial charge in [0.1, 0.15) is 17.4 Å². The summed E-state index contributed by atoms with van der Waals surface area (Å²) in [5.74, 6) is -2.75. The molecule has 0 saturated heterocycles. The molecule has 0 aliphatic rings. The molecule has 0 bridgehead atoms. The SMILES string of the molecule is CCCCCc1cnc(C(F)(F)Oc2cc(C)c(-c3ccc(Cl)c(F)c3)c(F)c2)nc1. The van der Waals surface area contributed by atoms with E-state index in [0.29, 0.717) is 12.0 Å². The third-order valence-corrected chi connectivity index (χ3v) is 5.06. The molecule has 164 valence electrons. The van der Waals surface area contributed by atoms with Crippen LogP contribution in [0.3, 0.4) is 0 Å². The first-order valence-corrected chi connectivity index (χ1v) is 10.2. The minimum atomic E-state index is -3.85. The summed E-state index contributed by atoms with van der Waals surface area (Å²) in [6.45, 7) is 3.58. The number of halogens is 5. The molecule has 3 rings (SSSR count). The molecule has 0 saturated carbocycles. The number of aromatic nitrogens is 2. The predicted octanol–water partition coefficient (Wildman–Crippen LogP) is 7.24. The molecule has 3 aromatic rings. The van der Waals surface area contributed by atoms with Gasteiger partial charge in [-0.05, 0) is 54.7 Å². The van der Waals surface area contributed by atoms with Crippen LogP contribution in [0.4, 0.5) is 17.6 Å². The van der Waals surface area contributed by atoms with Gasteiger partial charge in [-0.25, -0.2) is 18.7 Å². The fraction of sp³-hybridized carbons (Fsp3) is 0.304. The Balaban J connectivity index is 1.80. The first kappa shape index (κ1) is 23.0. The molecular weight excluding hydrogens is 432 g/mol. The lowest BCUT2D eigenvalue weighted by Gasteiger charge is -2.18. The summed E-state index contributed by atoms with van der Waals surface area (Å²) < 4.78 is 62.2. The van der Waals surface area contributed by atoms with Crippen molar-refractivity contribution >= 4 is 11.6 Å². The van der Waals surface area contributed by atoms with Crippen LogP contribution >= 0.6 is 11.6 Å². The summed E-state index contributed by atoms with van der Waals surface area (Å²) in [5.41, 5.74) is 1.35. The van der Waals surface area contributed by atoms with E-state index in [1.165, 1.54) is 37.5 Å². The molecule has 1 aromatic heterocycles. The quantitative estimate of drug-likeness (QED) is 0.267. The molecule has 0 N–H and O–H groups in total. The molecule has 0 aliphatic carbocycles. The molecule has 0 aliphatic heterocycles. The second-order valence-electron chi connectivity index (χ2n) is 7.22. The van der Waals surface area contributed by atoms with E-state index in [9.17, 15) is 17.6 Å². The molecule has 3 nitrogen and oxygen atoms in total. The van der Waals surface area contributed by atoms with Gasteiger partial charge in [-0.2, -0.15) is 8.78 Å². The number of rotatable bonds is 8. The Morgan fingerprint density at radius 1 is 1.00 bits per heavy atom. The van der Waals surface area contributed by atoms with Crippen molar-refractivity contribution in [2.45, 2.75) is 45.6 Å². The third-order valence-electron chi connectivity index (χ3n) is 4.75. The van der Waals surface area contributed by atoms with Gasteiger partial charge < -0.3 is 4.74 Å². The maximum Gasteiger partial charge on any atom is 0.462 e. The fourth-order valence-corrected chi connectivity index (χ4v) is 3.31. The van der Waals surface area contributed by atoms with E-state index in [1.807, 2.05) is 0 Å². The summed E-state index contributed by atoms with van der Waals surface area (Å²) in [6.07, 6.45) is 2.55. The lowest BCUT2D eigenvalue weighted by molar-refractivity contribution is -0.192. The van der Waals surface area contributed by atoms with Gasteiger partial charge in [-0.3, -0.25) is 0 Å². The number of nitrogens with zero attached hydrogens (tertiary/aromatic N) is 2. The molecule has 0 atom stereocenters. The number of alkyl halides is 2. The zero-order chi connectivity index (χ0) is 22.6. The van der Waals surface area contributed by atoms with E-state index >= 15 is 0 Å². The molecule has 0 spiro atoms. The average molecular weight is 453 g/mol. The van der Waals surface area contributed by atoms with Crippen LogP contribution in [0.25, 0.3) is 11.1 Å². The van der Waals surface area contributed by atoms with Crippen LogP contribution in [-0.4, -0.2) is 9.97 Å². The first-order valence-electron chi connectivity index (χ1n) is 9.85. The minimum absolute atomic E-state index is 0.0684. The number of hydrogen-bond acceptors (Lipinski definition) is 3. The lowest BCUT2D eigenvalue weighted by Crippen LogP contribution is -2.25. The zero-order valence-corrected chi connectivity index (χ0v) is 17.8. The van der Waals surface area contributed by atoms with Gasteiger partial charge in [0.05, 0.1) is 5.02 Å². The molecule has 0 unspecified atom stereocenters. The van der Waals surface area contributed by atoms with Gasteiger partial charge in [-0.15, -0.1) is 0 Å². The molecule has 1 heterocycles. The summed E-state index contributed by atoms with van der Waals surface area (Å²) in [6, 6.07) is 5.90. The van der Waals surface area contributed by atoms with Crippen LogP contribution in [0.15, 0.2) is 42.7 Å². The third kappa shape index (κ3) is 5.53. The monoisotopic (exact) mass is 452 g/mol. The van der Waals surface area contributed by atoms with Crippen molar-refractivity contribution in [3.63, 3.8) is 0 Å². The normalized spacial score (nSPS) is 11.6. The second kappa shape index (κ2) is 9.64. The van der Waals surface area contributed by atoms with Crippen LogP contribution in [0.1, 0.15) is 43.1 Å².